The van der Waals surface area contributed by atoms with Gasteiger partial charge in [0, 0.05) is 19.6 Å². The number of hydrogen-bond acceptors (Lipinski definition) is 3. The van der Waals surface area contributed by atoms with Crippen LogP contribution in [0.4, 0.5) is 0 Å². The average Bonchev–Trinajstić information content (AvgIpc) is 2.51. The Morgan fingerprint density at radius 2 is 1.96 bits per heavy atom. The van der Waals surface area contributed by atoms with Crippen LogP contribution >= 0.6 is 35.6 Å². The molecule has 0 spiro atoms. The van der Waals surface area contributed by atoms with Crippen LogP contribution in [0.5, 0.6) is 11.5 Å². The van der Waals surface area contributed by atoms with Gasteiger partial charge >= 0.3 is 0 Å². The number of rotatable bonds is 4. The predicted molar refractivity (Wildman–Crippen MR) is 105 cm³/mol. The van der Waals surface area contributed by atoms with Crippen molar-refractivity contribution in [3.05, 3.63) is 22.7 Å². The SMILES string of the molecule is CN=C(NCc1cc(Cl)c2c(c1)OCCO2)NC(C)C(C)C.I. The molecule has 5 nitrogen and oxygen atoms in total. The van der Waals surface area contributed by atoms with E-state index in [2.05, 4.69) is 36.4 Å². The second kappa shape index (κ2) is 9.42. The summed E-state index contributed by atoms with van der Waals surface area (Å²) in [5.41, 5.74) is 1.02. The van der Waals surface area contributed by atoms with Crippen molar-refractivity contribution in [3.63, 3.8) is 0 Å². The predicted octanol–water partition coefficient (Wildman–Crippen LogP) is 3.44. The summed E-state index contributed by atoms with van der Waals surface area (Å²) in [6, 6.07) is 4.18. The number of guanidine groups is 1. The first-order valence-electron chi connectivity index (χ1n) is 7.56. The van der Waals surface area contributed by atoms with Gasteiger partial charge in [-0.3, -0.25) is 4.99 Å². The molecule has 1 aromatic carbocycles. The molecule has 1 heterocycles. The number of nitrogens with one attached hydrogen (secondary N) is 2. The van der Waals surface area contributed by atoms with E-state index in [1.807, 2.05) is 12.1 Å². The lowest BCUT2D eigenvalue weighted by atomic mass is 10.1. The first kappa shape index (κ1) is 20.2. The summed E-state index contributed by atoms with van der Waals surface area (Å²) in [5.74, 6) is 2.64. The number of aliphatic imine (C=N–C) groups is 1. The molecule has 0 radical (unpaired) electrons. The molecule has 0 aliphatic carbocycles. The van der Waals surface area contributed by atoms with Crippen LogP contribution in [0.3, 0.4) is 0 Å². The van der Waals surface area contributed by atoms with Gasteiger partial charge < -0.3 is 20.1 Å². The highest BCUT2D eigenvalue weighted by molar-refractivity contribution is 14.0. The van der Waals surface area contributed by atoms with E-state index in [0.717, 1.165) is 11.5 Å². The van der Waals surface area contributed by atoms with Crippen LogP contribution in [0.2, 0.25) is 5.02 Å². The standard InChI is InChI=1S/C16H24ClN3O2.HI/c1-10(2)11(3)20-16(18-4)19-9-12-7-13(17)15-14(8-12)21-5-6-22-15;/h7-8,10-11H,5-6,9H2,1-4H3,(H2,18,19,20);1H. The molecule has 1 aliphatic rings. The minimum atomic E-state index is 0. The van der Waals surface area contributed by atoms with Crippen LogP contribution in [0.25, 0.3) is 0 Å². The van der Waals surface area contributed by atoms with Gasteiger partial charge in [-0.05, 0) is 30.5 Å². The number of ether oxygens (including phenoxy) is 2. The topological polar surface area (TPSA) is 54.9 Å². The Labute approximate surface area is 160 Å². The van der Waals surface area contributed by atoms with Crippen molar-refractivity contribution in [1.29, 1.82) is 0 Å². The highest BCUT2D eigenvalue weighted by Gasteiger charge is 2.17. The van der Waals surface area contributed by atoms with Gasteiger partial charge in [0.2, 0.25) is 0 Å². The fraction of sp³-hybridized carbons (Fsp3) is 0.562. The zero-order valence-corrected chi connectivity index (χ0v) is 17.1. The van der Waals surface area contributed by atoms with E-state index in [4.69, 9.17) is 21.1 Å². The van der Waals surface area contributed by atoms with Crippen molar-refractivity contribution in [2.24, 2.45) is 10.9 Å². The first-order valence-corrected chi connectivity index (χ1v) is 7.94. The Kier molecular flexibility index (Phi) is 8.25. The van der Waals surface area contributed by atoms with Crippen LogP contribution < -0.4 is 20.1 Å². The number of fused-ring (bicyclic) bond motifs is 1. The number of halogens is 2. The third-order valence-electron chi connectivity index (χ3n) is 3.70. The maximum absolute atomic E-state index is 6.24. The monoisotopic (exact) mass is 453 g/mol. The number of benzene rings is 1. The van der Waals surface area contributed by atoms with Gasteiger partial charge in [0.25, 0.3) is 0 Å². The van der Waals surface area contributed by atoms with Gasteiger partial charge in [-0.2, -0.15) is 0 Å². The zero-order valence-electron chi connectivity index (χ0n) is 14.0. The normalized spacial score (nSPS) is 15.0. The van der Waals surface area contributed by atoms with E-state index >= 15 is 0 Å². The summed E-state index contributed by atoms with van der Waals surface area (Å²) in [4.78, 5) is 4.24. The van der Waals surface area contributed by atoms with E-state index in [1.54, 1.807) is 7.05 Å². The van der Waals surface area contributed by atoms with E-state index in [-0.39, 0.29) is 24.0 Å². The molecule has 1 unspecified atom stereocenters. The lowest BCUT2D eigenvalue weighted by molar-refractivity contribution is 0.171. The molecular formula is C16H25ClIN3O2. The summed E-state index contributed by atoms with van der Waals surface area (Å²) < 4.78 is 11.1. The summed E-state index contributed by atoms with van der Waals surface area (Å²) in [6.07, 6.45) is 0. The smallest absolute Gasteiger partial charge is 0.191 e. The van der Waals surface area contributed by atoms with E-state index in [9.17, 15) is 0 Å². The lowest BCUT2D eigenvalue weighted by Crippen LogP contribution is -2.43. The highest BCUT2D eigenvalue weighted by Crippen LogP contribution is 2.38. The molecule has 0 saturated heterocycles. The van der Waals surface area contributed by atoms with Crippen molar-refractivity contribution < 1.29 is 9.47 Å². The summed E-state index contributed by atoms with van der Waals surface area (Å²) >= 11 is 6.24. The van der Waals surface area contributed by atoms with Crippen molar-refractivity contribution >= 4 is 41.5 Å². The van der Waals surface area contributed by atoms with Crippen LogP contribution in [-0.4, -0.2) is 32.3 Å². The third-order valence-corrected chi connectivity index (χ3v) is 3.99. The Morgan fingerprint density at radius 1 is 1.26 bits per heavy atom. The van der Waals surface area contributed by atoms with Crippen LogP contribution in [-0.2, 0) is 6.54 Å². The minimum Gasteiger partial charge on any atom is -0.486 e. The lowest BCUT2D eigenvalue weighted by Gasteiger charge is -2.22. The number of nitrogens with zero attached hydrogens (tertiary/aromatic N) is 1. The molecule has 0 aromatic heterocycles. The second-order valence-corrected chi connectivity index (χ2v) is 6.11. The minimum absolute atomic E-state index is 0. The molecule has 0 amide bonds. The van der Waals surface area contributed by atoms with Crippen molar-refractivity contribution in [2.45, 2.75) is 33.4 Å². The quantitative estimate of drug-likeness (QED) is 0.417. The summed E-state index contributed by atoms with van der Waals surface area (Å²) in [7, 11) is 1.76. The Morgan fingerprint density at radius 3 is 2.61 bits per heavy atom. The molecule has 1 aliphatic heterocycles. The highest BCUT2D eigenvalue weighted by atomic mass is 127. The molecule has 0 saturated carbocycles. The molecule has 130 valence electrons. The molecule has 2 rings (SSSR count). The van der Waals surface area contributed by atoms with Gasteiger partial charge in [-0.25, -0.2) is 0 Å². The van der Waals surface area contributed by atoms with Crippen molar-refractivity contribution in [3.8, 4) is 11.5 Å². The summed E-state index contributed by atoms with van der Waals surface area (Å²) in [5, 5.41) is 7.23. The van der Waals surface area contributed by atoms with Crippen LogP contribution in [0.15, 0.2) is 17.1 Å². The van der Waals surface area contributed by atoms with Crippen LogP contribution in [0.1, 0.15) is 26.3 Å². The van der Waals surface area contributed by atoms with Crippen LogP contribution in [0, 0.1) is 5.92 Å². The Hall–Kier alpha value is -0.890. The van der Waals surface area contributed by atoms with Gasteiger partial charge in [0.1, 0.15) is 13.2 Å². The van der Waals surface area contributed by atoms with E-state index in [1.165, 1.54) is 0 Å². The zero-order chi connectivity index (χ0) is 16.1. The molecule has 1 atom stereocenters. The van der Waals surface area contributed by atoms with Crippen molar-refractivity contribution in [2.75, 3.05) is 20.3 Å². The Balaban J connectivity index is 0.00000264. The van der Waals surface area contributed by atoms with Crippen molar-refractivity contribution in [1.82, 2.24) is 10.6 Å². The molecule has 2 N–H and O–H groups in total. The second-order valence-electron chi connectivity index (χ2n) is 5.70. The molecule has 1 aromatic rings. The fourth-order valence-corrected chi connectivity index (χ4v) is 2.32. The van der Waals surface area contributed by atoms with Gasteiger partial charge in [-0.15, -0.1) is 24.0 Å². The van der Waals surface area contributed by atoms with Gasteiger partial charge in [0.15, 0.2) is 17.5 Å². The number of hydrogen-bond donors (Lipinski definition) is 2. The Bertz CT molecular complexity index is 552. The maximum Gasteiger partial charge on any atom is 0.191 e. The maximum atomic E-state index is 6.24. The average molecular weight is 454 g/mol. The first-order chi connectivity index (χ1) is 10.5. The summed E-state index contributed by atoms with van der Waals surface area (Å²) in [6.45, 7) is 8.18. The largest absolute Gasteiger partial charge is 0.486 e. The fourth-order valence-electron chi connectivity index (χ4n) is 2.03. The molecule has 0 fully saturated rings. The molecular weight excluding hydrogens is 429 g/mol. The van der Waals surface area contributed by atoms with Gasteiger partial charge in [-0.1, -0.05) is 25.4 Å². The molecule has 7 heteroatoms. The van der Waals surface area contributed by atoms with E-state index in [0.29, 0.717) is 48.2 Å². The molecule has 23 heavy (non-hydrogen) atoms. The van der Waals surface area contributed by atoms with E-state index < -0.39 is 0 Å². The third kappa shape index (κ3) is 5.60. The van der Waals surface area contributed by atoms with Gasteiger partial charge in [0.05, 0.1) is 5.02 Å². The molecule has 0 bridgehead atoms.